The summed E-state index contributed by atoms with van der Waals surface area (Å²) < 4.78 is 34.5. The molecule has 1 rings (SSSR count). The number of hydrogen-bond acceptors (Lipinski definition) is 1. The van der Waals surface area contributed by atoms with Crippen LogP contribution >= 0.6 is 0 Å². The van der Waals surface area contributed by atoms with Crippen LogP contribution in [-0.2, 0) is 15.9 Å². The van der Waals surface area contributed by atoms with Crippen LogP contribution in [0, 0.1) is 0 Å². The smallest absolute Gasteiger partial charge is 0.207 e. The molecule has 1 fully saturated rings. The summed E-state index contributed by atoms with van der Waals surface area (Å²) in [7, 11) is 0. The van der Waals surface area contributed by atoms with E-state index < -0.39 is 5.92 Å². The lowest BCUT2D eigenvalue weighted by Gasteiger charge is -2.01. The molecule has 1 saturated carbocycles. The van der Waals surface area contributed by atoms with Gasteiger partial charge in [0.2, 0.25) is 5.25 Å². The Balaban J connectivity index is 2.47. The molecule has 0 heterocycles. The predicted octanol–water partition coefficient (Wildman–Crippen LogP) is 1.60. The van der Waals surface area contributed by atoms with Crippen LogP contribution in [0.1, 0.15) is 19.3 Å². The van der Waals surface area contributed by atoms with E-state index in [9.17, 15) is 13.0 Å². The third-order valence-electron chi connectivity index (χ3n) is 1.49. The fourth-order valence-electron chi connectivity index (χ4n) is 0.992. The second-order valence-corrected chi connectivity index (χ2v) is 3.18. The first-order valence-corrected chi connectivity index (χ1v) is 3.61. The van der Waals surface area contributed by atoms with Crippen LogP contribution in [0.5, 0.6) is 0 Å². The van der Waals surface area contributed by atoms with Crippen molar-refractivity contribution in [3.8, 4) is 0 Å². The first kappa shape index (κ1) is 6.99. The van der Waals surface area contributed by atoms with E-state index in [1.54, 1.807) is 0 Å². The Morgan fingerprint density at radius 2 is 2.22 bits per heavy atom. The SMILES string of the molecule is O=[S+]C1CCC(F)(F)C1. The monoisotopic (exact) mass is 153 g/mol. The van der Waals surface area contributed by atoms with Gasteiger partial charge in [0.05, 0.1) is 6.42 Å². The molecule has 0 aromatic rings. The average Bonchev–Trinajstić information content (AvgIpc) is 2.10. The van der Waals surface area contributed by atoms with Gasteiger partial charge in [0, 0.05) is 17.1 Å². The lowest BCUT2D eigenvalue weighted by molar-refractivity contribution is 0.00972. The summed E-state index contributed by atoms with van der Waals surface area (Å²) in [5, 5.41) is -0.347. The van der Waals surface area contributed by atoms with Crippen molar-refractivity contribution >= 4 is 11.7 Å². The lowest BCUT2D eigenvalue weighted by atomic mass is 10.3. The van der Waals surface area contributed by atoms with Crippen LogP contribution in [0.4, 0.5) is 8.78 Å². The van der Waals surface area contributed by atoms with Gasteiger partial charge < -0.3 is 0 Å². The maximum absolute atomic E-state index is 12.2. The van der Waals surface area contributed by atoms with Crippen LogP contribution in [0.2, 0.25) is 0 Å². The topological polar surface area (TPSA) is 17.1 Å². The molecule has 0 amide bonds. The zero-order valence-corrected chi connectivity index (χ0v) is 5.59. The summed E-state index contributed by atoms with van der Waals surface area (Å²) in [4.78, 5) is 0. The van der Waals surface area contributed by atoms with E-state index >= 15 is 0 Å². The molecule has 1 nitrogen and oxygen atoms in total. The zero-order chi connectivity index (χ0) is 6.91. The third-order valence-corrected chi connectivity index (χ3v) is 2.17. The Hall–Kier alpha value is -0.120. The summed E-state index contributed by atoms with van der Waals surface area (Å²) in [6.45, 7) is 0. The van der Waals surface area contributed by atoms with E-state index in [1.165, 1.54) is 0 Å². The fraction of sp³-hybridized carbons (Fsp3) is 1.00. The number of rotatable bonds is 1. The summed E-state index contributed by atoms with van der Waals surface area (Å²) in [6, 6.07) is 0. The third kappa shape index (κ3) is 1.64. The quantitative estimate of drug-likeness (QED) is 0.523. The molecular formula is C5H7F2OS+. The second-order valence-electron chi connectivity index (χ2n) is 2.32. The molecule has 0 spiro atoms. The lowest BCUT2D eigenvalue weighted by Crippen LogP contribution is -2.10. The largest absolute Gasteiger partial charge is 0.462 e. The molecule has 0 saturated heterocycles. The summed E-state index contributed by atoms with van der Waals surface area (Å²) in [5.41, 5.74) is 0. The van der Waals surface area contributed by atoms with Gasteiger partial charge >= 0.3 is 11.7 Å². The normalized spacial score (nSPS) is 32.4. The highest BCUT2D eigenvalue weighted by molar-refractivity contribution is 7.66. The van der Waals surface area contributed by atoms with Gasteiger partial charge in [-0.05, 0) is 0 Å². The van der Waals surface area contributed by atoms with Crippen LogP contribution in [0.25, 0.3) is 0 Å². The minimum Gasteiger partial charge on any atom is -0.207 e. The second kappa shape index (κ2) is 2.25. The highest BCUT2D eigenvalue weighted by Gasteiger charge is 2.46. The van der Waals surface area contributed by atoms with Gasteiger partial charge in [0.25, 0.3) is 5.92 Å². The molecule has 1 aliphatic rings. The standard InChI is InChI=1S/C5H7F2OS/c6-5(7)2-1-4(3-5)9-8/h4H,1-3H2/q+1. The van der Waals surface area contributed by atoms with Crippen molar-refractivity contribution in [2.24, 2.45) is 0 Å². The van der Waals surface area contributed by atoms with Crippen LogP contribution in [0.3, 0.4) is 0 Å². The minimum atomic E-state index is -2.55. The van der Waals surface area contributed by atoms with Gasteiger partial charge in [-0.1, -0.05) is 0 Å². The first-order valence-electron chi connectivity index (χ1n) is 2.80. The van der Waals surface area contributed by atoms with Crippen LogP contribution in [-0.4, -0.2) is 11.2 Å². The molecule has 0 aromatic carbocycles. The van der Waals surface area contributed by atoms with E-state index in [1.807, 2.05) is 0 Å². The van der Waals surface area contributed by atoms with Crippen LogP contribution < -0.4 is 0 Å². The number of hydrogen-bond donors (Lipinski definition) is 0. The number of alkyl halides is 2. The van der Waals surface area contributed by atoms with Crippen molar-refractivity contribution in [2.45, 2.75) is 30.4 Å². The van der Waals surface area contributed by atoms with Gasteiger partial charge in [0.15, 0.2) is 0 Å². The van der Waals surface area contributed by atoms with Crippen molar-refractivity contribution in [3.05, 3.63) is 0 Å². The Bertz CT molecular complexity index is 126. The fourth-order valence-corrected chi connectivity index (χ4v) is 1.52. The molecule has 0 radical (unpaired) electrons. The van der Waals surface area contributed by atoms with E-state index in [2.05, 4.69) is 0 Å². The molecule has 1 unspecified atom stereocenters. The van der Waals surface area contributed by atoms with Crippen molar-refractivity contribution < 1.29 is 13.0 Å². The van der Waals surface area contributed by atoms with Crippen molar-refractivity contribution in [3.63, 3.8) is 0 Å². The van der Waals surface area contributed by atoms with Crippen molar-refractivity contribution in [2.75, 3.05) is 0 Å². The van der Waals surface area contributed by atoms with E-state index in [-0.39, 0.29) is 18.1 Å². The molecule has 9 heavy (non-hydrogen) atoms. The highest BCUT2D eigenvalue weighted by atomic mass is 32.1. The maximum Gasteiger partial charge on any atom is 0.462 e. The Labute approximate surface area is 55.9 Å². The summed E-state index contributed by atoms with van der Waals surface area (Å²) in [5.74, 6) is -2.55. The van der Waals surface area contributed by atoms with Gasteiger partial charge in [-0.2, -0.15) is 0 Å². The summed E-state index contributed by atoms with van der Waals surface area (Å²) in [6.07, 6.45) is 0.0508. The molecule has 4 heteroatoms. The van der Waals surface area contributed by atoms with Gasteiger partial charge in [0.1, 0.15) is 0 Å². The number of halogens is 2. The van der Waals surface area contributed by atoms with Gasteiger partial charge in [-0.15, -0.1) is 0 Å². The van der Waals surface area contributed by atoms with Crippen LogP contribution in [0.15, 0.2) is 0 Å². The van der Waals surface area contributed by atoms with E-state index in [0.717, 1.165) is 0 Å². The predicted molar refractivity (Wildman–Crippen MR) is 30.6 cm³/mol. The Morgan fingerprint density at radius 1 is 1.56 bits per heavy atom. The molecular weight excluding hydrogens is 146 g/mol. The van der Waals surface area contributed by atoms with Crippen molar-refractivity contribution in [1.29, 1.82) is 0 Å². The molecule has 0 aromatic heterocycles. The minimum absolute atomic E-state index is 0.104. The van der Waals surface area contributed by atoms with Gasteiger partial charge in [-0.3, -0.25) is 0 Å². The zero-order valence-electron chi connectivity index (χ0n) is 4.77. The Kier molecular flexibility index (Phi) is 1.75. The molecule has 0 bridgehead atoms. The van der Waals surface area contributed by atoms with E-state index in [4.69, 9.17) is 0 Å². The maximum atomic E-state index is 12.2. The molecule has 0 N–H and O–H groups in total. The van der Waals surface area contributed by atoms with Gasteiger partial charge in [-0.25, -0.2) is 8.78 Å². The van der Waals surface area contributed by atoms with E-state index in [0.29, 0.717) is 18.1 Å². The first-order chi connectivity index (χ1) is 4.14. The molecule has 1 aliphatic carbocycles. The average molecular weight is 153 g/mol. The van der Waals surface area contributed by atoms with Crippen molar-refractivity contribution in [1.82, 2.24) is 0 Å². The molecule has 0 aliphatic heterocycles. The summed E-state index contributed by atoms with van der Waals surface area (Å²) >= 11 is 0.305. The molecule has 52 valence electrons. The molecule has 1 atom stereocenters. The Morgan fingerprint density at radius 3 is 2.44 bits per heavy atom. The highest BCUT2D eigenvalue weighted by Crippen LogP contribution is 2.35.